The minimum atomic E-state index is -0.146. The van der Waals surface area contributed by atoms with E-state index in [-0.39, 0.29) is 11.8 Å². The number of unbranched alkanes of at least 4 members (excludes halogenated alkanes) is 5. The van der Waals surface area contributed by atoms with Gasteiger partial charge in [-0.05, 0) is 49.2 Å². The molecule has 0 atom stereocenters. The summed E-state index contributed by atoms with van der Waals surface area (Å²) in [4.78, 5) is 25.3. The number of halogens is 2. The average molecular weight is 658 g/mol. The molecule has 10 heteroatoms. The highest BCUT2D eigenvalue weighted by Gasteiger charge is 2.14. The van der Waals surface area contributed by atoms with Crippen LogP contribution in [-0.4, -0.2) is 65.6 Å². The van der Waals surface area contributed by atoms with Gasteiger partial charge >= 0.3 is 0 Å². The molecule has 2 amide bonds. The predicted octanol–water partition coefficient (Wildman–Crippen LogP) is 5.76. The van der Waals surface area contributed by atoms with Gasteiger partial charge in [-0.2, -0.15) is 0 Å². The van der Waals surface area contributed by atoms with Crippen LogP contribution >= 0.6 is 31.9 Å². The van der Waals surface area contributed by atoms with E-state index < -0.39 is 0 Å². The maximum atomic E-state index is 12.6. The molecule has 2 aromatic rings. The highest BCUT2D eigenvalue weighted by Crippen LogP contribution is 2.24. The molecule has 0 aliphatic carbocycles. The van der Waals surface area contributed by atoms with Crippen LogP contribution in [0.1, 0.15) is 59.2 Å². The van der Waals surface area contributed by atoms with E-state index in [4.69, 9.17) is 18.9 Å². The van der Waals surface area contributed by atoms with Gasteiger partial charge in [0.05, 0.1) is 24.3 Å². The van der Waals surface area contributed by atoms with Crippen LogP contribution in [0.3, 0.4) is 0 Å². The van der Waals surface area contributed by atoms with E-state index in [2.05, 4.69) is 42.5 Å². The Morgan fingerprint density at radius 1 is 0.632 bits per heavy atom. The Labute approximate surface area is 242 Å². The quantitative estimate of drug-likeness (QED) is 0.187. The molecular formula is C28H38Br2N2O6. The van der Waals surface area contributed by atoms with Gasteiger partial charge in [-0.1, -0.05) is 57.5 Å². The van der Waals surface area contributed by atoms with Crippen LogP contribution in [0.5, 0.6) is 11.5 Å². The Balaban J connectivity index is 1.60. The Kier molecular flexibility index (Phi) is 16.0. The summed E-state index contributed by atoms with van der Waals surface area (Å²) in [6, 6.07) is 10.8. The fourth-order valence-corrected chi connectivity index (χ4v) is 4.35. The lowest BCUT2D eigenvalue weighted by Crippen LogP contribution is -2.25. The molecule has 2 N–H and O–H groups in total. The van der Waals surface area contributed by atoms with Crippen LogP contribution in [-0.2, 0) is 9.47 Å². The van der Waals surface area contributed by atoms with E-state index >= 15 is 0 Å². The molecule has 210 valence electrons. The monoisotopic (exact) mass is 656 g/mol. The zero-order valence-corrected chi connectivity index (χ0v) is 25.3. The van der Waals surface area contributed by atoms with Crippen molar-refractivity contribution in [1.29, 1.82) is 0 Å². The van der Waals surface area contributed by atoms with Crippen molar-refractivity contribution in [2.24, 2.45) is 0 Å². The molecule has 38 heavy (non-hydrogen) atoms. The van der Waals surface area contributed by atoms with Crippen LogP contribution < -0.4 is 20.1 Å². The van der Waals surface area contributed by atoms with Crippen molar-refractivity contribution in [3.05, 3.63) is 56.5 Å². The van der Waals surface area contributed by atoms with Crippen molar-refractivity contribution in [3.63, 3.8) is 0 Å². The first-order valence-electron chi connectivity index (χ1n) is 12.8. The first-order chi connectivity index (χ1) is 18.5. The van der Waals surface area contributed by atoms with Gasteiger partial charge in [-0.3, -0.25) is 9.59 Å². The fraction of sp³-hybridized carbons (Fsp3) is 0.500. The molecule has 0 radical (unpaired) electrons. The number of benzene rings is 2. The number of carbonyl (C=O) groups excluding carboxylic acids is 2. The van der Waals surface area contributed by atoms with Gasteiger partial charge in [0, 0.05) is 36.3 Å². The largest absolute Gasteiger partial charge is 0.490 e. The lowest BCUT2D eigenvalue weighted by Gasteiger charge is -2.12. The summed E-state index contributed by atoms with van der Waals surface area (Å²) in [5.41, 5.74) is 1.02. The highest BCUT2D eigenvalue weighted by atomic mass is 79.9. The minimum Gasteiger partial charge on any atom is -0.490 e. The Hall–Kier alpha value is -2.14. The lowest BCUT2D eigenvalue weighted by molar-refractivity contribution is 0.0936. The first kappa shape index (κ1) is 32.1. The van der Waals surface area contributed by atoms with E-state index in [1.807, 2.05) is 12.1 Å². The maximum absolute atomic E-state index is 12.6. The van der Waals surface area contributed by atoms with Gasteiger partial charge in [0.2, 0.25) is 0 Å². The second kappa shape index (κ2) is 19.0. The molecule has 0 spiro atoms. The lowest BCUT2D eigenvalue weighted by atomic mass is 10.1. The number of hydrogen-bond acceptors (Lipinski definition) is 6. The van der Waals surface area contributed by atoms with Crippen molar-refractivity contribution >= 4 is 43.7 Å². The number of ether oxygens (including phenoxy) is 4. The first-order valence-corrected chi connectivity index (χ1v) is 14.4. The van der Waals surface area contributed by atoms with E-state index in [1.54, 1.807) is 38.5 Å². The third-order valence-electron chi connectivity index (χ3n) is 5.64. The topological polar surface area (TPSA) is 95.1 Å². The summed E-state index contributed by atoms with van der Waals surface area (Å²) in [6.07, 6.45) is 6.03. The molecule has 0 fully saturated rings. The number of nitrogens with one attached hydrogen (secondary N) is 2. The van der Waals surface area contributed by atoms with Crippen LogP contribution in [0.25, 0.3) is 0 Å². The van der Waals surface area contributed by atoms with Gasteiger partial charge in [0.25, 0.3) is 11.8 Å². The third kappa shape index (κ3) is 12.1. The number of methoxy groups -OCH3 is 2. The molecule has 0 saturated carbocycles. The van der Waals surface area contributed by atoms with E-state index in [9.17, 15) is 9.59 Å². The number of carbonyl (C=O) groups is 2. The standard InChI is InChI=1S/C28H38Br2N2O6/c1-35-15-17-37-25-11-9-21(29)19-23(25)27(33)31-13-7-5-3-4-6-8-14-32-28(34)24-20-22(30)10-12-26(24)38-18-16-36-2/h9-12,19-20H,3-8,13-18H2,1-2H3,(H,31,33)(H,32,34). The summed E-state index contributed by atoms with van der Waals surface area (Å²) in [7, 11) is 3.22. The molecular weight excluding hydrogens is 620 g/mol. The predicted molar refractivity (Wildman–Crippen MR) is 155 cm³/mol. The number of amides is 2. The molecule has 0 aliphatic heterocycles. The zero-order chi connectivity index (χ0) is 27.6. The summed E-state index contributed by atoms with van der Waals surface area (Å²) < 4.78 is 23.0. The van der Waals surface area contributed by atoms with Gasteiger partial charge in [0.1, 0.15) is 24.7 Å². The smallest absolute Gasteiger partial charge is 0.255 e. The summed E-state index contributed by atoms with van der Waals surface area (Å²) in [6.45, 7) is 2.91. The second-order valence-corrected chi connectivity index (χ2v) is 10.4. The van der Waals surface area contributed by atoms with Crippen molar-refractivity contribution < 1.29 is 28.5 Å². The molecule has 0 saturated heterocycles. The minimum absolute atomic E-state index is 0.146. The van der Waals surface area contributed by atoms with Crippen LogP contribution in [0.15, 0.2) is 45.3 Å². The molecule has 0 aromatic heterocycles. The normalized spacial score (nSPS) is 10.7. The van der Waals surface area contributed by atoms with Gasteiger partial charge in [-0.25, -0.2) is 0 Å². The summed E-state index contributed by atoms with van der Waals surface area (Å²) in [5, 5.41) is 5.96. The summed E-state index contributed by atoms with van der Waals surface area (Å²) >= 11 is 6.83. The van der Waals surface area contributed by atoms with Gasteiger partial charge in [-0.15, -0.1) is 0 Å². The molecule has 0 aliphatic rings. The van der Waals surface area contributed by atoms with Crippen LogP contribution in [0, 0.1) is 0 Å². The SMILES string of the molecule is COCCOc1ccc(Br)cc1C(=O)NCCCCCCCCNC(=O)c1cc(Br)ccc1OCCOC. The van der Waals surface area contributed by atoms with E-state index in [0.29, 0.717) is 62.1 Å². The van der Waals surface area contributed by atoms with Crippen LogP contribution in [0.2, 0.25) is 0 Å². The molecule has 2 aromatic carbocycles. The Morgan fingerprint density at radius 3 is 1.42 bits per heavy atom. The number of hydrogen-bond donors (Lipinski definition) is 2. The van der Waals surface area contributed by atoms with E-state index in [1.165, 1.54) is 0 Å². The molecule has 2 rings (SSSR count). The second-order valence-electron chi connectivity index (χ2n) is 8.60. The van der Waals surface area contributed by atoms with Crippen molar-refractivity contribution in [3.8, 4) is 11.5 Å². The number of rotatable bonds is 19. The molecule has 8 nitrogen and oxygen atoms in total. The summed E-state index contributed by atoms with van der Waals surface area (Å²) in [5.74, 6) is 0.800. The van der Waals surface area contributed by atoms with Crippen molar-refractivity contribution in [2.75, 3.05) is 53.7 Å². The fourth-order valence-electron chi connectivity index (χ4n) is 3.63. The van der Waals surface area contributed by atoms with Gasteiger partial charge in [0.15, 0.2) is 0 Å². The maximum Gasteiger partial charge on any atom is 0.255 e. The van der Waals surface area contributed by atoms with Crippen molar-refractivity contribution in [1.82, 2.24) is 10.6 Å². The molecule has 0 unspecified atom stereocenters. The van der Waals surface area contributed by atoms with Gasteiger partial charge < -0.3 is 29.6 Å². The highest BCUT2D eigenvalue weighted by molar-refractivity contribution is 9.10. The third-order valence-corrected chi connectivity index (χ3v) is 6.62. The van der Waals surface area contributed by atoms with Crippen LogP contribution in [0.4, 0.5) is 0 Å². The molecule has 0 bridgehead atoms. The Bertz CT molecular complexity index is 926. The Morgan fingerprint density at radius 2 is 1.03 bits per heavy atom. The van der Waals surface area contributed by atoms with Crippen molar-refractivity contribution in [2.45, 2.75) is 38.5 Å². The van der Waals surface area contributed by atoms with E-state index in [0.717, 1.165) is 47.5 Å². The zero-order valence-electron chi connectivity index (χ0n) is 22.2. The average Bonchev–Trinajstić information content (AvgIpc) is 2.91. The molecule has 0 heterocycles.